The van der Waals surface area contributed by atoms with E-state index in [9.17, 15) is 19.8 Å². The van der Waals surface area contributed by atoms with Gasteiger partial charge in [0, 0.05) is 18.4 Å². The predicted octanol–water partition coefficient (Wildman–Crippen LogP) is 5.02. The number of carbonyl (C=O) groups excluding carboxylic acids is 2. The third-order valence-electron chi connectivity index (χ3n) is 6.30. The van der Waals surface area contributed by atoms with Crippen molar-refractivity contribution in [3.05, 3.63) is 95.1 Å². The van der Waals surface area contributed by atoms with Gasteiger partial charge in [-0.2, -0.15) is 0 Å². The van der Waals surface area contributed by atoms with Crippen molar-refractivity contribution in [1.82, 2.24) is 0 Å². The first-order chi connectivity index (χ1) is 16.7. The van der Waals surface area contributed by atoms with Gasteiger partial charge in [-0.05, 0) is 71.7 Å². The average Bonchev–Trinajstić information content (AvgIpc) is 2.84. The van der Waals surface area contributed by atoms with Gasteiger partial charge >= 0.3 is 0 Å². The molecular formula is C29H33NO5. The SMILES string of the molecule is COCc1cc(NC(=O)C(O)(CCc2ccc(O)cc2)CC(C)(C)c2ccccc2)ccc1C=O. The second kappa shape index (κ2) is 11.3. The van der Waals surface area contributed by atoms with Crippen molar-refractivity contribution in [2.75, 3.05) is 12.4 Å². The minimum Gasteiger partial charge on any atom is -0.508 e. The first-order valence-electron chi connectivity index (χ1n) is 11.6. The lowest BCUT2D eigenvalue weighted by atomic mass is 9.73. The van der Waals surface area contributed by atoms with Crippen molar-refractivity contribution in [1.29, 1.82) is 0 Å². The number of nitrogens with one attached hydrogen (secondary N) is 1. The standard InChI is InChI=1S/C29H33NO5/c1-28(2,24-7-5-4-6-8-24)20-29(34,16-15-21-9-13-26(32)14-10-21)27(33)30-25-12-11-22(18-31)23(17-25)19-35-3/h4-14,17-18,32,34H,15-16,19-20H2,1-3H3,(H,30,33). The van der Waals surface area contributed by atoms with E-state index in [1.165, 1.54) is 7.11 Å². The number of hydrogen-bond acceptors (Lipinski definition) is 5. The Kier molecular flexibility index (Phi) is 8.43. The fourth-order valence-corrected chi connectivity index (χ4v) is 4.34. The van der Waals surface area contributed by atoms with Gasteiger partial charge in [0.25, 0.3) is 5.91 Å². The second-order valence-corrected chi connectivity index (χ2v) is 9.54. The highest BCUT2D eigenvalue weighted by molar-refractivity contribution is 5.97. The van der Waals surface area contributed by atoms with E-state index in [1.54, 1.807) is 42.5 Å². The Hall–Kier alpha value is -3.48. The van der Waals surface area contributed by atoms with Crippen LogP contribution in [0.4, 0.5) is 5.69 Å². The first kappa shape index (κ1) is 26.1. The van der Waals surface area contributed by atoms with Crippen LogP contribution in [-0.4, -0.2) is 35.1 Å². The summed E-state index contributed by atoms with van der Waals surface area (Å²) in [5.74, 6) is -0.347. The van der Waals surface area contributed by atoms with Crippen molar-refractivity contribution in [3.63, 3.8) is 0 Å². The van der Waals surface area contributed by atoms with Gasteiger partial charge < -0.3 is 20.3 Å². The Morgan fingerprint density at radius 1 is 1.03 bits per heavy atom. The molecule has 0 bridgehead atoms. The number of benzene rings is 3. The van der Waals surface area contributed by atoms with E-state index in [1.807, 2.05) is 44.2 Å². The van der Waals surface area contributed by atoms with E-state index in [0.717, 1.165) is 17.4 Å². The number of carbonyl (C=O) groups is 2. The molecule has 184 valence electrons. The van der Waals surface area contributed by atoms with Crippen LogP contribution in [0.3, 0.4) is 0 Å². The Balaban J connectivity index is 1.88. The summed E-state index contributed by atoms with van der Waals surface area (Å²) in [6, 6.07) is 21.5. The van der Waals surface area contributed by atoms with Crippen LogP contribution in [0.2, 0.25) is 0 Å². The number of aromatic hydroxyl groups is 1. The molecule has 0 aliphatic carbocycles. The Labute approximate surface area is 206 Å². The van der Waals surface area contributed by atoms with Crippen molar-refractivity contribution in [3.8, 4) is 5.75 Å². The van der Waals surface area contributed by atoms with Crippen LogP contribution in [-0.2, 0) is 28.0 Å². The van der Waals surface area contributed by atoms with Gasteiger partial charge in [-0.15, -0.1) is 0 Å². The molecular weight excluding hydrogens is 442 g/mol. The highest BCUT2D eigenvalue weighted by Crippen LogP contribution is 2.35. The molecule has 0 heterocycles. The maximum Gasteiger partial charge on any atom is 0.256 e. The number of phenolic OH excluding ortho intramolecular Hbond substituents is 1. The lowest BCUT2D eigenvalue weighted by Crippen LogP contribution is -2.47. The van der Waals surface area contributed by atoms with Gasteiger partial charge in [0.15, 0.2) is 0 Å². The van der Waals surface area contributed by atoms with E-state index in [0.29, 0.717) is 23.2 Å². The number of aryl methyl sites for hydroxylation is 1. The molecule has 35 heavy (non-hydrogen) atoms. The van der Waals surface area contributed by atoms with E-state index < -0.39 is 16.9 Å². The predicted molar refractivity (Wildman–Crippen MR) is 137 cm³/mol. The lowest BCUT2D eigenvalue weighted by molar-refractivity contribution is -0.137. The van der Waals surface area contributed by atoms with Crippen LogP contribution < -0.4 is 5.32 Å². The normalized spacial score (nSPS) is 13.1. The van der Waals surface area contributed by atoms with Gasteiger partial charge in [-0.3, -0.25) is 9.59 Å². The number of phenols is 1. The molecule has 3 aromatic carbocycles. The molecule has 0 spiro atoms. The Bertz CT molecular complexity index is 1140. The minimum atomic E-state index is -1.68. The fraction of sp³-hybridized carbons (Fsp3) is 0.310. The molecule has 0 saturated carbocycles. The van der Waals surface area contributed by atoms with E-state index in [4.69, 9.17) is 4.74 Å². The zero-order valence-electron chi connectivity index (χ0n) is 20.5. The number of rotatable bonds is 11. The summed E-state index contributed by atoms with van der Waals surface area (Å²) in [6.07, 6.45) is 1.59. The summed E-state index contributed by atoms with van der Waals surface area (Å²) in [6.45, 7) is 4.25. The third kappa shape index (κ3) is 6.78. The number of ether oxygens (including phenoxy) is 1. The fourth-order valence-electron chi connectivity index (χ4n) is 4.34. The molecule has 0 aliphatic heterocycles. The largest absolute Gasteiger partial charge is 0.508 e. The second-order valence-electron chi connectivity index (χ2n) is 9.54. The van der Waals surface area contributed by atoms with Gasteiger partial charge in [-0.25, -0.2) is 0 Å². The van der Waals surface area contributed by atoms with Crippen molar-refractivity contribution in [2.24, 2.45) is 0 Å². The van der Waals surface area contributed by atoms with E-state index >= 15 is 0 Å². The molecule has 0 aliphatic rings. The molecule has 3 N–H and O–H groups in total. The molecule has 0 fully saturated rings. The minimum absolute atomic E-state index is 0.164. The summed E-state index contributed by atoms with van der Waals surface area (Å²) in [7, 11) is 1.54. The quantitative estimate of drug-likeness (QED) is 0.339. The van der Waals surface area contributed by atoms with Crippen LogP contribution in [0.15, 0.2) is 72.8 Å². The summed E-state index contributed by atoms with van der Waals surface area (Å²) in [4.78, 5) is 24.9. The Morgan fingerprint density at radius 2 is 1.71 bits per heavy atom. The van der Waals surface area contributed by atoms with Crippen LogP contribution >= 0.6 is 0 Å². The topological polar surface area (TPSA) is 95.9 Å². The van der Waals surface area contributed by atoms with Crippen molar-refractivity contribution < 1.29 is 24.5 Å². The number of aliphatic hydroxyl groups is 1. The smallest absolute Gasteiger partial charge is 0.256 e. The maximum absolute atomic E-state index is 13.5. The van der Waals surface area contributed by atoms with E-state index in [2.05, 4.69) is 5.32 Å². The first-order valence-corrected chi connectivity index (χ1v) is 11.6. The Morgan fingerprint density at radius 3 is 2.34 bits per heavy atom. The van der Waals surface area contributed by atoms with Gasteiger partial charge in [0.2, 0.25) is 0 Å². The van der Waals surface area contributed by atoms with Gasteiger partial charge in [0.1, 0.15) is 17.6 Å². The maximum atomic E-state index is 13.5. The number of hydrogen-bond donors (Lipinski definition) is 3. The zero-order valence-corrected chi connectivity index (χ0v) is 20.5. The summed E-state index contributed by atoms with van der Waals surface area (Å²) in [5, 5.41) is 24.2. The summed E-state index contributed by atoms with van der Waals surface area (Å²) < 4.78 is 5.17. The lowest BCUT2D eigenvalue weighted by Gasteiger charge is -2.36. The summed E-state index contributed by atoms with van der Waals surface area (Å²) >= 11 is 0. The molecule has 3 aromatic rings. The van der Waals surface area contributed by atoms with Crippen molar-refractivity contribution in [2.45, 2.75) is 50.7 Å². The monoisotopic (exact) mass is 475 g/mol. The molecule has 0 aromatic heterocycles. The average molecular weight is 476 g/mol. The molecule has 1 unspecified atom stereocenters. The third-order valence-corrected chi connectivity index (χ3v) is 6.30. The molecule has 1 atom stereocenters. The summed E-state index contributed by atoms with van der Waals surface area (Å²) in [5.41, 5.74) is 1.38. The molecule has 3 rings (SSSR count). The molecule has 0 radical (unpaired) electrons. The molecule has 0 saturated heterocycles. The number of methoxy groups -OCH3 is 1. The number of anilines is 1. The molecule has 6 heteroatoms. The zero-order chi connectivity index (χ0) is 25.5. The van der Waals surface area contributed by atoms with Crippen LogP contribution in [0.5, 0.6) is 5.75 Å². The number of aldehydes is 1. The van der Waals surface area contributed by atoms with Crippen LogP contribution in [0.25, 0.3) is 0 Å². The molecule has 1 amide bonds. The highest BCUT2D eigenvalue weighted by atomic mass is 16.5. The number of amides is 1. The van der Waals surface area contributed by atoms with Gasteiger partial charge in [-0.1, -0.05) is 56.3 Å². The van der Waals surface area contributed by atoms with Crippen molar-refractivity contribution >= 4 is 17.9 Å². The van der Waals surface area contributed by atoms with Crippen LogP contribution in [0, 0.1) is 0 Å². The van der Waals surface area contributed by atoms with Crippen LogP contribution in [0.1, 0.15) is 53.7 Å². The van der Waals surface area contributed by atoms with Gasteiger partial charge in [0.05, 0.1) is 6.61 Å². The van der Waals surface area contributed by atoms with E-state index in [-0.39, 0.29) is 25.2 Å². The molecule has 6 nitrogen and oxygen atoms in total. The highest BCUT2D eigenvalue weighted by Gasteiger charge is 2.41.